The van der Waals surface area contributed by atoms with Crippen molar-refractivity contribution in [2.75, 3.05) is 27.9 Å². The average Bonchev–Trinajstić information content (AvgIpc) is 2.67. The molecule has 138 valence electrons. The average molecular weight is 357 g/mol. The van der Waals surface area contributed by atoms with Gasteiger partial charge in [-0.25, -0.2) is 0 Å². The third-order valence-electron chi connectivity index (χ3n) is 3.89. The van der Waals surface area contributed by atoms with Gasteiger partial charge in [-0.3, -0.25) is 9.59 Å². The third-order valence-corrected chi connectivity index (χ3v) is 3.89. The van der Waals surface area contributed by atoms with Crippen molar-refractivity contribution in [1.82, 2.24) is 4.90 Å². The summed E-state index contributed by atoms with van der Waals surface area (Å²) in [5.41, 5.74) is 1.68. The van der Waals surface area contributed by atoms with Gasteiger partial charge < -0.3 is 19.1 Å². The second kappa shape index (κ2) is 9.46. The van der Waals surface area contributed by atoms with E-state index < -0.39 is 5.97 Å². The lowest BCUT2D eigenvalue weighted by Gasteiger charge is -2.18. The smallest absolute Gasteiger partial charge is 0.310 e. The van der Waals surface area contributed by atoms with E-state index in [-0.39, 0.29) is 18.9 Å². The van der Waals surface area contributed by atoms with Crippen LogP contribution in [-0.4, -0.2) is 44.7 Å². The summed E-state index contributed by atoms with van der Waals surface area (Å²) in [7, 11) is 4.82. The van der Waals surface area contributed by atoms with E-state index in [0.717, 1.165) is 16.9 Å². The number of benzene rings is 2. The van der Waals surface area contributed by atoms with Gasteiger partial charge in [-0.1, -0.05) is 30.3 Å². The number of amides is 1. The van der Waals surface area contributed by atoms with E-state index in [1.807, 2.05) is 24.3 Å². The first kappa shape index (κ1) is 19.3. The topological polar surface area (TPSA) is 65.1 Å². The number of para-hydroxylation sites is 1. The number of methoxy groups -OCH3 is 2. The van der Waals surface area contributed by atoms with Crippen molar-refractivity contribution < 1.29 is 23.8 Å². The highest BCUT2D eigenvalue weighted by Gasteiger charge is 2.14. The van der Waals surface area contributed by atoms with Gasteiger partial charge in [0.25, 0.3) is 5.91 Å². The zero-order valence-corrected chi connectivity index (χ0v) is 15.2. The minimum absolute atomic E-state index is 0.105. The van der Waals surface area contributed by atoms with Crippen LogP contribution in [0.4, 0.5) is 0 Å². The Morgan fingerprint density at radius 1 is 0.962 bits per heavy atom. The number of nitrogens with zero attached hydrogens (tertiary/aromatic N) is 1. The number of carbonyl (C=O) groups excluding carboxylic acids is 2. The Morgan fingerprint density at radius 3 is 2.31 bits per heavy atom. The first-order chi connectivity index (χ1) is 12.5. The maximum absolute atomic E-state index is 12.2. The Hall–Kier alpha value is -3.02. The van der Waals surface area contributed by atoms with Crippen LogP contribution in [-0.2, 0) is 27.3 Å². The molecule has 0 fully saturated rings. The highest BCUT2D eigenvalue weighted by atomic mass is 16.5. The van der Waals surface area contributed by atoms with Crippen molar-refractivity contribution in [3.05, 3.63) is 59.7 Å². The van der Waals surface area contributed by atoms with Crippen LogP contribution in [0.2, 0.25) is 0 Å². The van der Waals surface area contributed by atoms with Gasteiger partial charge in [0.2, 0.25) is 0 Å². The first-order valence-electron chi connectivity index (χ1n) is 8.18. The molecular weight excluding hydrogens is 334 g/mol. The Bertz CT molecular complexity index is 742. The minimum atomic E-state index is -0.450. The fourth-order valence-electron chi connectivity index (χ4n) is 2.39. The van der Waals surface area contributed by atoms with E-state index in [2.05, 4.69) is 0 Å². The quantitative estimate of drug-likeness (QED) is 0.679. The van der Waals surface area contributed by atoms with Crippen LogP contribution in [0.15, 0.2) is 48.5 Å². The summed E-state index contributed by atoms with van der Waals surface area (Å²) in [5, 5.41) is 0. The number of rotatable bonds is 8. The van der Waals surface area contributed by atoms with Crippen LogP contribution >= 0.6 is 0 Å². The predicted octanol–water partition coefficient (Wildman–Crippen LogP) is 2.45. The van der Waals surface area contributed by atoms with Crippen LogP contribution in [0, 0.1) is 0 Å². The highest BCUT2D eigenvalue weighted by Crippen LogP contribution is 2.18. The van der Waals surface area contributed by atoms with Gasteiger partial charge in [0.15, 0.2) is 6.61 Å². The maximum Gasteiger partial charge on any atom is 0.310 e. The molecule has 0 saturated heterocycles. The summed E-state index contributed by atoms with van der Waals surface area (Å²) in [6, 6.07) is 14.6. The molecule has 0 bridgehead atoms. The SMILES string of the molecule is COc1ccc(CC(=O)OCC(=O)N(C)Cc2ccccc2OC)cc1. The lowest BCUT2D eigenvalue weighted by Crippen LogP contribution is -2.31. The van der Waals surface area contributed by atoms with E-state index in [0.29, 0.717) is 12.3 Å². The standard InChI is InChI=1S/C20H23NO5/c1-21(13-16-6-4-5-7-18(16)25-3)19(22)14-26-20(23)12-15-8-10-17(24-2)11-9-15/h4-11H,12-14H2,1-3H3. The van der Waals surface area contributed by atoms with Crippen molar-refractivity contribution in [2.45, 2.75) is 13.0 Å². The van der Waals surface area contributed by atoms with Crippen molar-refractivity contribution in [1.29, 1.82) is 0 Å². The number of carbonyl (C=O) groups is 2. The first-order valence-corrected chi connectivity index (χ1v) is 8.18. The Labute approximate surface area is 153 Å². The molecule has 6 heteroatoms. The molecule has 0 atom stereocenters. The van der Waals surface area contributed by atoms with E-state index in [4.69, 9.17) is 14.2 Å². The van der Waals surface area contributed by atoms with Crippen molar-refractivity contribution in [3.8, 4) is 11.5 Å². The summed E-state index contributed by atoms with van der Waals surface area (Å²) in [5.74, 6) is 0.701. The molecule has 0 saturated carbocycles. The number of esters is 1. The number of ether oxygens (including phenoxy) is 3. The Balaban J connectivity index is 1.81. The van der Waals surface area contributed by atoms with Crippen LogP contribution in [0.3, 0.4) is 0 Å². The number of hydrogen-bond acceptors (Lipinski definition) is 5. The molecule has 2 rings (SSSR count). The molecule has 6 nitrogen and oxygen atoms in total. The molecule has 0 N–H and O–H groups in total. The van der Waals surface area contributed by atoms with Crippen molar-refractivity contribution in [2.24, 2.45) is 0 Å². The van der Waals surface area contributed by atoms with E-state index in [9.17, 15) is 9.59 Å². The fourth-order valence-corrected chi connectivity index (χ4v) is 2.39. The van der Waals surface area contributed by atoms with E-state index in [1.54, 1.807) is 45.5 Å². The molecule has 0 radical (unpaired) electrons. The summed E-state index contributed by atoms with van der Waals surface area (Å²) in [6.45, 7) is 0.0829. The third kappa shape index (κ3) is 5.51. The Kier molecular flexibility index (Phi) is 7.02. The second-order valence-electron chi connectivity index (χ2n) is 5.75. The van der Waals surface area contributed by atoms with Crippen LogP contribution < -0.4 is 9.47 Å². The van der Waals surface area contributed by atoms with Crippen LogP contribution in [0.5, 0.6) is 11.5 Å². The number of hydrogen-bond donors (Lipinski definition) is 0. The largest absolute Gasteiger partial charge is 0.497 e. The Morgan fingerprint density at radius 2 is 1.65 bits per heavy atom. The van der Waals surface area contributed by atoms with Gasteiger partial charge in [0.1, 0.15) is 11.5 Å². The highest BCUT2D eigenvalue weighted by molar-refractivity contribution is 5.81. The lowest BCUT2D eigenvalue weighted by atomic mass is 10.1. The molecule has 2 aromatic carbocycles. The van der Waals surface area contributed by atoms with Crippen LogP contribution in [0.25, 0.3) is 0 Å². The fraction of sp³-hybridized carbons (Fsp3) is 0.300. The monoisotopic (exact) mass is 357 g/mol. The van der Waals surface area contributed by atoms with Crippen molar-refractivity contribution >= 4 is 11.9 Å². The van der Waals surface area contributed by atoms with E-state index in [1.165, 1.54) is 4.90 Å². The maximum atomic E-state index is 12.2. The zero-order valence-electron chi connectivity index (χ0n) is 15.2. The molecule has 1 amide bonds. The predicted molar refractivity (Wildman–Crippen MR) is 97.1 cm³/mol. The number of likely N-dealkylation sites (N-methyl/N-ethyl adjacent to an activating group) is 1. The molecule has 0 spiro atoms. The van der Waals surface area contributed by atoms with Gasteiger partial charge in [-0.2, -0.15) is 0 Å². The van der Waals surface area contributed by atoms with Gasteiger partial charge in [0.05, 0.1) is 20.6 Å². The molecule has 2 aromatic rings. The lowest BCUT2D eigenvalue weighted by molar-refractivity contribution is -0.151. The van der Waals surface area contributed by atoms with Gasteiger partial charge >= 0.3 is 5.97 Å². The summed E-state index contributed by atoms with van der Waals surface area (Å²) >= 11 is 0. The molecule has 0 unspecified atom stereocenters. The molecule has 0 aliphatic carbocycles. The summed E-state index contributed by atoms with van der Waals surface area (Å²) in [6.07, 6.45) is 0.105. The molecule has 26 heavy (non-hydrogen) atoms. The zero-order chi connectivity index (χ0) is 18.9. The van der Waals surface area contributed by atoms with E-state index >= 15 is 0 Å². The molecule has 0 aliphatic heterocycles. The summed E-state index contributed by atoms with van der Waals surface area (Å²) < 4.78 is 15.4. The molecule has 0 heterocycles. The summed E-state index contributed by atoms with van der Waals surface area (Å²) in [4.78, 5) is 25.6. The molecule has 0 aromatic heterocycles. The van der Waals surface area contributed by atoms with Crippen LogP contribution in [0.1, 0.15) is 11.1 Å². The normalized spacial score (nSPS) is 10.1. The van der Waals surface area contributed by atoms with Crippen molar-refractivity contribution in [3.63, 3.8) is 0 Å². The van der Waals surface area contributed by atoms with Gasteiger partial charge in [0, 0.05) is 19.2 Å². The van der Waals surface area contributed by atoms with Gasteiger partial charge in [-0.05, 0) is 23.8 Å². The molecule has 0 aliphatic rings. The second-order valence-corrected chi connectivity index (χ2v) is 5.75. The van der Waals surface area contributed by atoms with Gasteiger partial charge in [-0.15, -0.1) is 0 Å². The minimum Gasteiger partial charge on any atom is -0.497 e. The molecular formula is C20H23NO5.